The molecule has 2 heterocycles. The molecule has 0 saturated heterocycles. The number of aromatic nitrogens is 2. The number of unbranched alkanes of at least 4 members (excludes halogenated alkanes) is 3. The van der Waals surface area contributed by atoms with Gasteiger partial charge >= 0.3 is 0 Å². The minimum Gasteiger partial charge on any atom is -0.354 e. The van der Waals surface area contributed by atoms with Gasteiger partial charge in [-0.2, -0.15) is 0 Å². The number of hydrogen-bond acceptors (Lipinski definition) is 2. The maximum atomic E-state index is 4.92. The lowest BCUT2D eigenvalue weighted by atomic mass is 9.96. The van der Waals surface area contributed by atoms with Crippen molar-refractivity contribution in [2.75, 3.05) is 0 Å². The molecular weight excluding hydrogens is 552 g/mol. The van der Waals surface area contributed by atoms with E-state index in [1.54, 1.807) is 0 Å². The summed E-state index contributed by atoms with van der Waals surface area (Å²) in [4.78, 5) is 9.84. The molecule has 2 aliphatic carbocycles. The van der Waals surface area contributed by atoms with E-state index >= 15 is 0 Å². The maximum Gasteiger partial charge on any atom is 0.0606 e. The Morgan fingerprint density at radius 3 is 1.24 bits per heavy atom. The van der Waals surface area contributed by atoms with Crippen LogP contribution in [0.15, 0.2) is 59.0 Å². The van der Waals surface area contributed by atoms with E-state index in [2.05, 4.69) is 58.2 Å². The van der Waals surface area contributed by atoms with Crippen LogP contribution in [0.3, 0.4) is 0 Å². The number of aryl methyl sites for hydroxylation is 2. The van der Waals surface area contributed by atoms with Crippen molar-refractivity contribution in [2.24, 2.45) is 9.98 Å². The fraction of sp³-hybridized carbons (Fsp3) is 0.643. The van der Waals surface area contributed by atoms with E-state index < -0.39 is 0 Å². The molecule has 0 aromatic carbocycles. The van der Waals surface area contributed by atoms with Crippen LogP contribution in [-0.4, -0.2) is 21.2 Å². The average molecular weight is 596 g/mol. The van der Waals surface area contributed by atoms with E-state index in [0.717, 1.165) is 23.8 Å². The zero-order chi connectivity index (χ0) is 21.8. The molecule has 2 aliphatic rings. The Balaban J connectivity index is 0.00000204. The number of hydrogen-bond donors (Lipinski definition) is 0. The number of rotatable bonds is 9. The van der Waals surface area contributed by atoms with Gasteiger partial charge in [-0.1, -0.05) is 51.4 Å². The van der Waals surface area contributed by atoms with Crippen molar-refractivity contribution in [3.05, 3.63) is 59.8 Å². The highest BCUT2D eigenvalue weighted by Crippen LogP contribution is 2.20. The second-order valence-electron chi connectivity index (χ2n) is 9.84. The molecule has 6 heteroatoms. The molecule has 0 radical (unpaired) electrons. The first-order valence-electron chi connectivity index (χ1n) is 13.2. The molecule has 4 nitrogen and oxygen atoms in total. The lowest BCUT2D eigenvalue weighted by molar-refractivity contribution is 0.437. The molecule has 2 aromatic heterocycles. The van der Waals surface area contributed by atoms with Gasteiger partial charge in [0, 0.05) is 37.9 Å². The van der Waals surface area contributed by atoms with E-state index in [4.69, 9.17) is 9.98 Å². The van der Waals surface area contributed by atoms with Crippen molar-refractivity contribution in [2.45, 2.75) is 115 Å². The SMILES string of the molecule is Br.Br.c1cn(CCCCCCn2ccc(=NC3CCCCC3)cc2)ccc1=NC1CCCCC1. The standard InChI is InChI=1S/C28H42N4.2BrH/c1(9-19-31-21-15-27(16-22-31)29-25-11-5-3-6-12-25)2-10-20-32-23-17-28(18-24-32)30-26-13-7-4-8-14-26;;/h15-18,21-26H,1-14,19-20H2;2*1H. The van der Waals surface area contributed by atoms with Gasteiger partial charge in [0.05, 0.1) is 22.8 Å². The zero-order valence-electron chi connectivity index (χ0n) is 20.7. The minimum absolute atomic E-state index is 0. The summed E-state index contributed by atoms with van der Waals surface area (Å²) in [5.41, 5.74) is 0. The minimum atomic E-state index is 0. The largest absolute Gasteiger partial charge is 0.354 e. The molecule has 2 saturated carbocycles. The van der Waals surface area contributed by atoms with Crippen LogP contribution >= 0.6 is 34.0 Å². The summed E-state index contributed by atoms with van der Waals surface area (Å²) in [5.74, 6) is 0. The summed E-state index contributed by atoms with van der Waals surface area (Å²) < 4.78 is 4.62. The second kappa shape index (κ2) is 16.5. The van der Waals surface area contributed by atoms with Crippen LogP contribution in [-0.2, 0) is 13.1 Å². The lowest BCUT2D eigenvalue weighted by Crippen LogP contribution is -2.15. The Labute approximate surface area is 227 Å². The summed E-state index contributed by atoms with van der Waals surface area (Å²) >= 11 is 0. The number of halogens is 2. The van der Waals surface area contributed by atoms with E-state index in [-0.39, 0.29) is 34.0 Å². The fourth-order valence-electron chi connectivity index (χ4n) is 5.15. The first kappa shape index (κ1) is 29.1. The van der Waals surface area contributed by atoms with Gasteiger partial charge in [-0.05, 0) is 62.8 Å². The molecule has 0 amide bonds. The van der Waals surface area contributed by atoms with Crippen LogP contribution in [0.5, 0.6) is 0 Å². The van der Waals surface area contributed by atoms with Crippen molar-refractivity contribution < 1.29 is 0 Å². The Bertz CT molecular complexity index is 819. The quantitative estimate of drug-likeness (QED) is 0.275. The highest BCUT2D eigenvalue weighted by atomic mass is 79.9. The van der Waals surface area contributed by atoms with Gasteiger partial charge in [0.25, 0.3) is 0 Å². The van der Waals surface area contributed by atoms with Crippen LogP contribution in [0.25, 0.3) is 0 Å². The van der Waals surface area contributed by atoms with Crippen molar-refractivity contribution in [1.82, 2.24) is 9.13 Å². The molecule has 0 unspecified atom stereocenters. The van der Waals surface area contributed by atoms with Gasteiger partial charge in [0.2, 0.25) is 0 Å². The molecule has 2 aromatic rings. The van der Waals surface area contributed by atoms with Gasteiger partial charge in [0.1, 0.15) is 0 Å². The van der Waals surface area contributed by atoms with E-state index in [1.807, 2.05) is 0 Å². The molecule has 0 N–H and O–H groups in total. The monoisotopic (exact) mass is 594 g/mol. The molecular formula is C28H44Br2N4. The number of pyridine rings is 2. The van der Waals surface area contributed by atoms with E-state index in [9.17, 15) is 0 Å². The lowest BCUT2D eigenvalue weighted by Gasteiger charge is -2.17. The fourth-order valence-corrected chi connectivity index (χ4v) is 5.15. The predicted molar refractivity (Wildman–Crippen MR) is 153 cm³/mol. The van der Waals surface area contributed by atoms with Gasteiger partial charge in [-0.15, -0.1) is 34.0 Å². The molecule has 190 valence electrons. The summed E-state index contributed by atoms with van der Waals surface area (Å²) in [7, 11) is 0. The van der Waals surface area contributed by atoms with Crippen LogP contribution in [0.2, 0.25) is 0 Å². The highest BCUT2D eigenvalue weighted by molar-refractivity contribution is 8.93. The van der Waals surface area contributed by atoms with E-state index in [0.29, 0.717) is 12.1 Å². The Hall–Kier alpha value is -1.14. The third-order valence-corrected chi connectivity index (χ3v) is 7.14. The zero-order valence-corrected chi connectivity index (χ0v) is 24.1. The third-order valence-electron chi connectivity index (χ3n) is 7.14. The molecule has 4 rings (SSSR count). The summed E-state index contributed by atoms with van der Waals surface area (Å²) in [6, 6.07) is 9.87. The van der Waals surface area contributed by atoms with Crippen LogP contribution in [0.4, 0.5) is 0 Å². The maximum absolute atomic E-state index is 4.92. The van der Waals surface area contributed by atoms with Crippen LogP contribution in [0, 0.1) is 0 Å². The topological polar surface area (TPSA) is 34.6 Å². The number of nitrogens with zero attached hydrogens (tertiary/aromatic N) is 4. The summed E-state index contributed by atoms with van der Waals surface area (Å²) in [6.45, 7) is 2.21. The predicted octanol–water partition coefficient (Wildman–Crippen LogP) is 7.17. The molecule has 0 aliphatic heterocycles. The van der Waals surface area contributed by atoms with Crippen molar-refractivity contribution in [3.8, 4) is 0 Å². The van der Waals surface area contributed by atoms with Gasteiger partial charge < -0.3 is 9.13 Å². The van der Waals surface area contributed by atoms with E-state index in [1.165, 1.54) is 89.9 Å². The van der Waals surface area contributed by atoms with Crippen molar-refractivity contribution in [3.63, 3.8) is 0 Å². The first-order chi connectivity index (χ1) is 15.8. The smallest absolute Gasteiger partial charge is 0.0606 e. The third kappa shape index (κ3) is 10.2. The summed E-state index contributed by atoms with van der Waals surface area (Å²) in [6.07, 6.45) is 27.1. The Morgan fingerprint density at radius 1 is 0.529 bits per heavy atom. The molecule has 2 fully saturated rings. The average Bonchev–Trinajstić information content (AvgIpc) is 2.85. The van der Waals surface area contributed by atoms with Crippen molar-refractivity contribution >= 4 is 34.0 Å². The van der Waals surface area contributed by atoms with Gasteiger partial charge in [-0.3, -0.25) is 9.98 Å². The molecule has 0 bridgehead atoms. The Kier molecular flexibility index (Phi) is 14.1. The second-order valence-corrected chi connectivity index (χ2v) is 9.84. The normalized spacial score (nSPS) is 16.8. The van der Waals surface area contributed by atoms with Crippen LogP contribution < -0.4 is 10.7 Å². The summed E-state index contributed by atoms with van der Waals surface area (Å²) in [5, 5.41) is 2.31. The Morgan fingerprint density at radius 2 is 0.882 bits per heavy atom. The van der Waals surface area contributed by atoms with Crippen molar-refractivity contribution in [1.29, 1.82) is 0 Å². The van der Waals surface area contributed by atoms with Gasteiger partial charge in [0.15, 0.2) is 0 Å². The molecule has 34 heavy (non-hydrogen) atoms. The molecule has 0 spiro atoms. The highest BCUT2D eigenvalue weighted by Gasteiger charge is 2.11. The molecule has 0 atom stereocenters. The van der Waals surface area contributed by atoms with Crippen LogP contribution in [0.1, 0.15) is 89.9 Å². The van der Waals surface area contributed by atoms with Gasteiger partial charge in [-0.25, -0.2) is 0 Å². The first-order valence-corrected chi connectivity index (χ1v) is 13.2.